The van der Waals surface area contributed by atoms with Crippen molar-refractivity contribution in [3.8, 4) is 0 Å². The Kier molecular flexibility index (Phi) is 3.69. The Bertz CT molecular complexity index is 367. The minimum Gasteiger partial charge on any atom is -0.481 e. The lowest BCUT2D eigenvalue weighted by Gasteiger charge is -2.08. The minimum atomic E-state index is -0.896. The van der Waals surface area contributed by atoms with Crippen LogP contribution in [0.4, 0.5) is 4.39 Å². The maximum absolute atomic E-state index is 13.3. The molecule has 0 heterocycles. The van der Waals surface area contributed by atoms with Gasteiger partial charge in [0.1, 0.15) is 5.82 Å². The molecule has 1 unspecified atom stereocenters. The van der Waals surface area contributed by atoms with Gasteiger partial charge in [-0.25, -0.2) is 4.39 Å². The number of carboxylic acids is 1. The normalized spacial score (nSPS) is 12.5. The lowest BCUT2D eigenvalue weighted by atomic mass is 10.0. The first-order valence-corrected chi connectivity index (χ1v) is 4.97. The van der Waals surface area contributed by atoms with E-state index >= 15 is 0 Å². The monoisotopic (exact) mass is 230 g/mol. The first-order chi connectivity index (χ1) is 6.91. The van der Waals surface area contributed by atoms with Gasteiger partial charge in [-0.3, -0.25) is 4.79 Å². The van der Waals surface area contributed by atoms with Gasteiger partial charge in [0, 0.05) is 10.6 Å². The van der Waals surface area contributed by atoms with Gasteiger partial charge in [0.25, 0.3) is 0 Å². The molecule has 4 heteroatoms. The zero-order valence-corrected chi connectivity index (χ0v) is 9.31. The third kappa shape index (κ3) is 2.93. The van der Waals surface area contributed by atoms with Gasteiger partial charge >= 0.3 is 5.97 Å². The van der Waals surface area contributed by atoms with Crippen LogP contribution in [0.25, 0.3) is 0 Å². The summed E-state index contributed by atoms with van der Waals surface area (Å²) in [5.41, 5.74) is 1.00. The average Bonchev–Trinajstić information content (AvgIpc) is 2.13. The van der Waals surface area contributed by atoms with E-state index in [4.69, 9.17) is 16.7 Å². The van der Waals surface area contributed by atoms with E-state index in [1.807, 2.05) is 0 Å². The Labute approximate surface area is 92.7 Å². The SMILES string of the molecule is Cc1c(F)cc(CC(C)C(=O)O)cc1Cl. The maximum Gasteiger partial charge on any atom is 0.306 e. The maximum atomic E-state index is 13.3. The van der Waals surface area contributed by atoms with Crippen molar-refractivity contribution in [2.75, 3.05) is 0 Å². The lowest BCUT2D eigenvalue weighted by molar-refractivity contribution is -0.141. The molecule has 1 aromatic carbocycles. The fraction of sp³-hybridized carbons (Fsp3) is 0.364. The number of halogens is 2. The smallest absolute Gasteiger partial charge is 0.306 e. The van der Waals surface area contributed by atoms with E-state index in [2.05, 4.69) is 0 Å². The Morgan fingerprint density at radius 1 is 1.60 bits per heavy atom. The van der Waals surface area contributed by atoms with Crippen LogP contribution >= 0.6 is 11.6 Å². The van der Waals surface area contributed by atoms with Crippen molar-refractivity contribution >= 4 is 17.6 Å². The number of rotatable bonds is 3. The molecular weight excluding hydrogens is 219 g/mol. The third-order valence-corrected chi connectivity index (χ3v) is 2.70. The summed E-state index contributed by atoms with van der Waals surface area (Å²) in [7, 11) is 0. The minimum absolute atomic E-state index is 0.284. The summed E-state index contributed by atoms with van der Waals surface area (Å²) in [6.45, 7) is 3.16. The van der Waals surface area contributed by atoms with Crippen LogP contribution in [0.5, 0.6) is 0 Å². The van der Waals surface area contributed by atoms with E-state index < -0.39 is 17.7 Å². The highest BCUT2D eigenvalue weighted by Crippen LogP contribution is 2.22. The molecular formula is C11H12ClFO2. The van der Waals surface area contributed by atoms with E-state index in [0.717, 1.165) is 0 Å². The van der Waals surface area contributed by atoms with Crippen LogP contribution in [0, 0.1) is 18.7 Å². The zero-order chi connectivity index (χ0) is 11.6. The summed E-state index contributed by atoms with van der Waals surface area (Å²) in [6, 6.07) is 2.94. The average molecular weight is 231 g/mol. The number of hydrogen-bond acceptors (Lipinski definition) is 1. The van der Waals surface area contributed by atoms with Crippen molar-refractivity contribution in [1.29, 1.82) is 0 Å². The highest BCUT2D eigenvalue weighted by molar-refractivity contribution is 6.31. The molecule has 1 rings (SSSR count). The molecule has 1 aromatic rings. The fourth-order valence-electron chi connectivity index (χ4n) is 1.26. The van der Waals surface area contributed by atoms with E-state index in [1.165, 1.54) is 6.07 Å². The molecule has 0 bridgehead atoms. The molecule has 0 aliphatic carbocycles. The van der Waals surface area contributed by atoms with Crippen LogP contribution in [0.15, 0.2) is 12.1 Å². The Morgan fingerprint density at radius 2 is 2.20 bits per heavy atom. The summed E-state index contributed by atoms with van der Waals surface area (Å²) in [5, 5.41) is 9.05. The summed E-state index contributed by atoms with van der Waals surface area (Å²) in [4.78, 5) is 10.6. The molecule has 82 valence electrons. The highest BCUT2D eigenvalue weighted by atomic mass is 35.5. The van der Waals surface area contributed by atoms with Gasteiger partial charge in [-0.2, -0.15) is 0 Å². The number of aliphatic carboxylic acids is 1. The molecule has 0 saturated carbocycles. The summed E-state index contributed by atoms with van der Waals surface area (Å²) >= 11 is 5.79. The molecule has 2 nitrogen and oxygen atoms in total. The fourth-order valence-corrected chi connectivity index (χ4v) is 1.49. The first kappa shape index (κ1) is 12.0. The topological polar surface area (TPSA) is 37.3 Å². The molecule has 1 atom stereocenters. The van der Waals surface area contributed by atoms with Crippen molar-refractivity contribution in [2.45, 2.75) is 20.3 Å². The van der Waals surface area contributed by atoms with E-state index in [1.54, 1.807) is 19.9 Å². The summed E-state index contributed by atoms with van der Waals surface area (Å²) in [6.07, 6.45) is 0.284. The van der Waals surface area contributed by atoms with Crippen molar-refractivity contribution in [3.63, 3.8) is 0 Å². The molecule has 0 fully saturated rings. The molecule has 0 amide bonds. The van der Waals surface area contributed by atoms with Gasteiger partial charge in [0.2, 0.25) is 0 Å². The van der Waals surface area contributed by atoms with Gasteiger partial charge in [-0.1, -0.05) is 18.5 Å². The van der Waals surface area contributed by atoms with Gasteiger partial charge in [0.05, 0.1) is 5.92 Å². The number of hydrogen-bond donors (Lipinski definition) is 1. The molecule has 0 radical (unpaired) electrons. The van der Waals surface area contributed by atoms with E-state index in [9.17, 15) is 9.18 Å². The van der Waals surface area contributed by atoms with Gasteiger partial charge in [-0.05, 0) is 31.0 Å². The van der Waals surface area contributed by atoms with Gasteiger partial charge in [-0.15, -0.1) is 0 Å². The summed E-state index contributed by atoms with van der Waals surface area (Å²) in [5.74, 6) is -1.83. The highest BCUT2D eigenvalue weighted by Gasteiger charge is 2.13. The van der Waals surface area contributed by atoms with Gasteiger partial charge in [0.15, 0.2) is 0 Å². The lowest BCUT2D eigenvalue weighted by Crippen LogP contribution is -2.12. The van der Waals surface area contributed by atoms with E-state index in [-0.39, 0.29) is 6.42 Å². The Hall–Kier alpha value is -1.09. The van der Waals surface area contributed by atoms with Crippen LogP contribution < -0.4 is 0 Å². The largest absolute Gasteiger partial charge is 0.481 e. The van der Waals surface area contributed by atoms with Crippen LogP contribution in [0.3, 0.4) is 0 Å². The number of carboxylic acid groups (broad SMARTS) is 1. The van der Waals surface area contributed by atoms with Crippen LogP contribution in [0.2, 0.25) is 5.02 Å². The van der Waals surface area contributed by atoms with E-state index in [0.29, 0.717) is 16.1 Å². The number of benzene rings is 1. The van der Waals surface area contributed by atoms with Crippen molar-refractivity contribution < 1.29 is 14.3 Å². The number of carbonyl (C=O) groups is 1. The standard InChI is InChI=1S/C11H12ClFO2/c1-6(11(14)15)3-8-4-9(12)7(2)10(13)5-8/h4-6H,3H2,1-2H3,(H,14,15). The van der Waals surface area contributed by atoms with Crippen molar-refractivity contribution in [1.82, 2.24) is 0 Å². The van der Waals surface area contributed by atoms with Gasteiger partial charge < -0.3 is 5.11 Å². The molecule has 1 N–H and O–H groups in total. The predicted octanol–water partition coefficient (Wildman–Crippen LogP) is 3.05. The molecule has 0 aromatic heterocycles. The molecule has 0 aliphatic heterocycles. The van der Waals surface area contributed by atoms with Crippen molar-refractivity contribution in [2.24, 2.45) is 5.92 Å². The molecule has 0 spiro atoms. The van der Waals surface area contributed by atoms with Crippen molar-refractivity contribution in [3.05, 3.63) is 34.1 Å². The second-order valence-corrected chi connectivity index (χ2v) is 4.04. The van der Waals surface area contributed by atoms with Crippen LogP contribution in [-0.2, 0) is 11.2 Å². The molecule has 15 heavy (non-hydrogen) atoms. The Balaban J connectivity index is 2.92. The molecule has 0 aliphatic rings. The second-order valence-electron chi connectivity index (χ2n) is 3.63. The Morgan fingerprint density at radius 3 is 2.67 bits per heavy atom. The second kappa shape index (κ2) is 4.62. The predicted molar refractivity (Wildman–Crippen MR) is 56.7 cm³/mol. The van der Waals surface area contributed by atoms with Crippen LogP contribution in [0.1, 0.15) is 18.1 Å². The molecule has 0 saturated heterocycles. The van der Waals surface area contributed by atoms with Crippen LogP contribution in [-0.4, -0.2) is 11.1 Å². The summed E-state index contributed by atoms with van der Waals surface area (Å²) < 4.78 is 13.3. The first-order valence-electron chi connectivity index (χ1n) is 4.59. The third-order valence-electron chi connectivity index (χ3n) is 2.30. The zero-order valence-electron chi connectivity index (χ0n) is 8.55. The quantitative estimate of drug-likeness (QED) is 0.867.